The van der Waals surface area contributed by atoms with Gasteiger partial charge in [0.05, 0.1) is 4.90 Å². The number of aryl methyl sites for hydroxylation is 1. The molecule has 2 N–H and O–H groups in total. The van der Waals surface area contributed by atoms with E-state index in [-0.39, 0.29) is 0 Å². The Bertz CT molecular complexity index is 785. The van der Waals surface area contributed by atoms with E-state index in [1.54, 1.807) is 12.1 Å². The Morgan fingerprint density at radius 1 is 1.09 bits per heavy atom. The number of nitrogens with one attached hydrogen (secondary N) is 2. The van der Waals surface area contributed by atoms with Crippen LogP contribution in [-0.2, 0) is 36.1 Å². The molecule has 1 heterocycles. The van der Waals surface area contributed by atoms with Crippen molar-refractivity contribution in [2.24, 2.45) is 0 Å². The number of hydrogen-bond acceptors (Lipinski definition) is 3. The fourth-order valence-corrected chi connectivity index (χ4v) is 4.10. The van der Waals surface area contributed by atoms with E-state index in [9.17, 15) is 8.42 Å². The molecule has 1 aliphatic rings. The third kappa shape index (κ3) is 3.06. The van der Waals surface area contributed by atoms with Crippen molar-refractivity contribution in [1.82, 2.24) is 10.0 Å². The van der Waals surface area contributed by atoms with E-state index in [4.69, 9.17) is 0 Å². The van der Waals surface area contributed by atoms with Crippen LogP contribution in [-0.4, -0.2) is 8.42 Å². The van der Waals surface area contributed by atoms with Gasteiger partial charge in [-0.1, -0.05) is 43.3 Å². The quantitative estimate of drug-likeness (QED) is 0.890. The molecule has 22 heavy (non-hydrogen) atoms. The normalized spacial score (nSPS) is 14.0. The van der Waals surface area contributed by atoms with Crippen LogP contribution in [0.5, 0.6) is 0 Å². The van der Waals surface area contributed by atoms with Crippen molar-refractivity contribution in [2.75, 3.05) is 0 Å². The molecule has 1 aliphatic heterocycles. The minimum Gasteiger partial charge on any atom is -0.309 e. The van der Waals surface area contributed by atoms with Crippen molar-refractivity contribution in [2.45, 2.75) is 37.9 Å². The summed E-state index contributed by atoms with van der Waals surface area (Å²) in [5.41, 5.74) is 4.38. The lowest BCUT2D eigenvalue weighted by molar-refractivity contribution is 0.580. The van der Waals surface area contributed by atoms with Gasteiger partial charge in [0, 0.05) is 19.6 Å². The van der Waals surface area contributed by atoms with Crippen molar-refractivity contribution in [3.05, 3.63) is 64.7 Å². The molecule has 2 aromatic rings. The molecule has 0 saturated carbocycles. The van der Waals surface area contributed by atoms with Crippen LogP contribution in [0.15, 0.2) is 47.4 Å². The Balaban J connectivity index is 1.78. The second kappa shape index (κ2) is 6.20. The average Bonchev–Trinajstić information content (AvgIpc) is 3.00. The van der Waals surface area contributed by atoms with Crippen molar-refractivity contribution in [3.63, 3.8) is 0 Å². The molecule has 0 spiro atoms. The van der Waals surface area contributed by atoms with E-state index >= 15 is 0 Å². The zero-order valence-electron chi connectivity index (χ0n) is 12.6. The first-order valence-electron chi connectivity index (χ1n) is 7.49. The first kappa shape index (κ1) is 15.2. The summed E-state index contributed by atoms with van der Waals surface area (Å²) in [4.78, 5) is 0.375. The monoisotopic (exact) mass is 316 g/mol. The topological polar surface area (TPSA) is 58.2 Å². The van der Waals surface area contributed by atoms with Gasteiger partial charge in [-0.3, -0.25) is 0 Å². The lowest BCUT2D eigenvalue weighted by Crippen LogP contribution is -2.24. The second-order valence-corrected chi connectivity index (χ2v) is 7.23. The molecular weight excluding hydrogens is 296 g/mol. The predicted octanol–water partition coefficient (Wildman–Crippen LogP) is 2.33. The summed E-state index contributed by atoms with van der Waals surface area (Å²) >= 11 is 0. The fraction of sp³-hybridized carbons (Fsp3) is 0.294. The van der Waals surface area contributed by atoms with Crippen molar-refractivity contribution in [1.29, 1.82) is 0 Å². The molecule has 0 amide bonds. The Morgan fingerprint density at radius 2 is 1.86 bits per heavy atom. The van der Waals surface area contributed by atoms with Crippen LogP contribution in [0.1, 0.15) is 29.2 Å². The van der Waals surface area contributed by atoms with E-state index in [1.807, 2.05) is 25.1 Å². The van der Waals surface area contributed by atoms with Gasteiger partial charge >= 0.3 is 0 Å². The van der Waals surface area contributed by atoms with Gasteiger partial charge < -0.3 is 5.32 Å². The molecule has 0 aliphatic carbocycles. The Kier molecular flexibility index (Phi) is 4.29. The lowest BCUT2D eigenvalue weighted by Gasteiger charge is -2.11. The highest BCUT2D eigenvalue weighted by molar-refractivity contribution is 7.89. The second-order valence-electron chi connectivity index (χ2n) is 5.49. The van der Waals surface area contributed by atoms with Crippen LogP contribution in [0, 0.1) is 0 Å². The van der Waals surface area contributed by atoms with Crippen LogP contribution >= 0.6 is 0 Å². The summed E-state index contributed by atoms with van der Waals surface area (Å²) in [6.45, 7) is 4.02. The standard InChI is InChI=1S/C17H20N2O2S/c1-2-14-5-3-4-6-17(14)22(20,21)19-10-13-7-8-15-11-18-12-16(15)9-13/h3-9,18-19H,2,10-12H2,1H3. The molecular formula is C17H20N2O2S. The number of hydrogen-bond donors (Lipinski definition) is 2. The van der Waals surface area contributed by atoms with Crippen molar-refractivity contribution in [3.8, 4) is 0 Å². The van der Waals surface area contributed by atoms with Gasteiger partial charge in [0.15, 0.2) is 0 Å². The van der Waals surface area contributed by atoms with Crippen molar-refractivity contribution >= 4 is 10.0 Å². The van der Waals surface area contributed by atoms with Crippen LogP contribution < -0.4 is 10.0 Å². The largest absolute Gasteiger partial charge is 0.309 e. The van der Waals surface area contributed by atoms with E-state index in [2.05, 4.69) is 22.2 Å². The molecule has 5 heteroatoms. The summed E-state index contributed by atoms with van der Waals surface area (Å²) in [5.74, 6) is 0. The average molecular weight is 316 g/mol. The summed E-state index contributed by atoms with van der Waals surface area (Å²) in [5, 5.41) is 3.29. The van der Waals surface area contributed by atoms with Crippen LogP contribution in [0.2, 0.25) is 0 Å². The minimum absolute atomic E-state index is 0.313. The molecule has 3 rings (SSSR count). The van der Waals surface area contributed by atoms with Crippen LogP contribution in [0.3, 0.4) is 0 Å². The van der Waals surface area contributed by atoms with Gasteiger partial charge in [0.2, 0.25) is 10.0 Å². The van der Waals surface area contributed by atoms with Gasteiger partial charge in [-0.15, -0.1) is 0 Å². The third-order valence-electron chi connectivity index (χ3n) is 4.01. The lowest BCUT2D eigenvalue weighted by atomic mass is 10.1. The molecule has 0 fully saturated rings. The zero-order valence-corrected chi connectivity index (χ0v) is 13.4. The molecule has 0 atom stereocenters. The van der Waals surface area contributed by atoms with Gasteiger partial charge in [0.1, 0.15) is 0 Å². The summed E-state index contributed by atoms with van der Waals surface area (Å²) in [7, 11) is -3.48. The fourth-order valence-electron chi connectivity index (χ4n) is 2.77. The van der Waals surface area contributed by atoms with E-state index in [0.29, 0.717) is 17.9 Å². The number of benzene rings is 2. The van der Waals surface area contributed by atoms with E-state index in [1.165, 1.54) is 11.1 Å². The minimum atomic E-state index is -3.48. The number of sulfonamides is 1. The maximum atomic E-state index is 12.5. The first-order valence-corrected chi connectivity index (χ1v) is 8.97. The molecule has 0 saturated heterocycles. The highest BCUT2D eigenvalue weighted by atomic mass is 32.2. The van der Waals surface area contributed by atoms with Gasteiger partial charge in [-0.2, -0.15) is 0 Å². The SMILES string of the molecule is CCc1ccccc1S(=O)(=O)NCc1ccc2c(c1)CNC2. The van der Waals surface area contributed by atoms with Crippen LogP contribution in [0.4, 0.5) is 0 Å². The summed E-state index contributed by atoms with van der Waals surface area (Å²) in [6.07, 6.45) is 0.696. The summed E-state index contributed by atoms with van der Waals surface area (Å²) in [6, 6.07) is 13.3. The van der Waals surface area contributed by atoms with Gasteiger partial charge in [-0.05, 0) is 34.7 Å². The molecule has 2 aromatic carbocycles. The smallest absolute Gasteiger partial charge is 0.241 e. The maximum absolute atomic E-state index is 12.5. The molecule has 0 aromatic heterocycles. The van der Waals surface area contributed by atoms with E-state index < -0.39 is 10.0 Å². The Labute approximate surface area is 131 Å². The van der Waals surface area contributed by atoms with Gasteiger partial charge in [0.25, 0.3) is 0 Å². The Morgan fingerprint density at radius 3 is 2.68 bits per heavy atom. The van der Waals surface area contributed by atoms with Crippen molar-refractivity contribution < 1.29 is 8.42 Å². The number of rotatable bonds is 5. The summed E-state index contributed by atoms with van der Waals surface area (Å²) < 4.78 is 27.7. The number of fused-ring (bicyclic) bond motifs is 1. The Hall–Kier alpha value is -1.69. The molecule has 116 valence electrons. The maximum Gasteiger partial charge on any atom is 0.241 e. The van der Waals surface area contributed by atoms with E-state index in [0.717, 1.165) is 24.2 Å². The zero-order chi connectivity index (χ0) is 15.6. The first-order chi connectivity index (χ1) is 10.6. The molecule has 0 unspecified atom stereocenters. The highest BCUT2D eigenvalue weighted by Crippen LogP contribution is 2.19. The third-order valence-corrected chi connectivity index (χ3v) is 5.51. The molecule has 0 bridgehead atoms. The molecule has 4 nitrogen and oxygen atoms in total. The highest BCUT2D eigenvalue weighted by Gasteiger charge is 2.17. The molecule has 0 radical (unpaired) electrons. The predicted molar refractivity (Wildman–Crippen MR) is 86.8 cm³/mol. The van der Waals surface area contributed by atoms with Crippen LogP contribution in [0.25, 0.3) is 0 Å². The van der Waals surface area contributed by atoms with Gasteiger partial charge in [-0.25, -0.2) is 13.1 Å².